The third kappa shape index (κ3) is 0.669. The normalized spacial score (nSPS) is 45.3. The Kier molecular flexibility index (Phi) is 1.06. The molecule has 56 valence electrons. The summed E-state index contributed by atoms with van der Waals surface area (Å²) in [6, 6.07) is 0. The molecule has 2 rings (SSSR count). The molecule has 0 N–H and O–H groups in total. The fourth-order valence-corrected chi connectivity index (χ4v) is 1.49. The Labute approximate surface area is 59.3 Å². The second-order valence-electron chi connectivity index (χ2n) is 3.08. The van der Waals surface area contributed by atoms with Crippen LogP contribution in [0.4, 0.5) is 0 Å². The number of fused-ring (bicyclic) bond motifs is 2. The second-order valence-corrected chi connectivity index (χ2v) is 3.08. The van der Waals surface area contributed by atoms with Gasteiger partial charge in [-0.05, 0) is 19.8 Å². The minimum absolute atomic E-state index is 0.185. The van der Waals surface area contributed by atoms with Gasteiger partial charge in [-0.1, -0.05) is 0 Å². The number of hydrogen-bond donors (Lipinski definition) is 0. The molecule has 3 heteroatoms. The lowest BCUT2D eigenvalue weighted by Crippen LogP contribution is -2.34. The third-order valence-electron chi connectivity index (χ3n) is 2.16. The second kappa shape index (κ2) is 1.72. The molecule has 0 aromatic rings. The first kappa shape index (κ1) is 6.16. The first-order valence-corrected chi connectivity index (χ1v) is 3.60. The van der Waals surface area contributed by atoms with Gasteiger partial charge in [0.05, 0.1) is 0 Å². The van der Waals surface area contributed by atoms with Gasteiger partial charge in [-0.2, -0.15) is 0 Å². The standard InChI is InChI=1S/C7H10O3/c1-7-4-2-3-5(10-7)9-6(7)8/h5H,2-4H2,1H3. The number of ether oxygens (including phenoxy) is 2. The molecule has 2 unspecified atom stereocenters. The number of esters is 1. The zero-order valence-electron chi connectivity index (χ0n) is 5.92. The molecular weight excluding hydrogens is 132 g/mol. The van der Waals surface area contributed by atoms with Gasteiger partial charge in [0.1, 0.15) is 0 Å². The van der Waals surface area contributed by atoms with E-state index in [0.29, 0.717) is 0 Å². The molecule has 0 aromatic heterocycles. The lowest BCUT2D eigenvalue weighted by atomic mass is 9.98. The van der Waals surface area contributed by atoms with Crippen LogP contribution in [0, 0.1) is 0 Å². The van der Waals surface area contributed by atoms with Crippen molar-refractivity contribution in [3.05, 3.63) is 0 Å². The fourth-order valence-electron chi connectivity index (χ4n) is 1.49. The third-order valence-corrected chi connectivity index (χ3v) is 2.16. The summed E-state index contributed by atoms with van der Waals surface area (Å²) in [6.07, 6.45) is 2.46. The van der Waals surface area contributed by atoms with Crippen LogP contribution >= 0.6 is 0 Å². The summed E-state index contributed by atoms with van der Waals surface area (Å²) in [4.78, 5) is 11.0. The number of rotatable bonds is 0. The van der Waals surface area contributed by atoms with Crippen molar-refractivity contribution in [3.8, 4) is 0 Å². The molecule has 3 nitrogen and oxygen atoms in total. The van der Waals surface area contributed by atoms with E-state index >= 15 is 0 Å². The molecule has 2 fully saturated rings. The molecule has 2 saturated heterocycles. The molecule has 0 spiro atoms. The molecule has 0 aliphatic carbocycles. The Morgan fingerprint density at radius 2 is 2.50 bits per heavy atom. The quantitative estimate of drug-likeness (QED) is 0.470. The van der Waals surface area contributed by atoms with Crippen LogP contribution in [-0.2, 0) is 14.3 Å². The van der Waals surface area contributed by atoms with Gasteiger partial charge in [0.25, 0.3) is 0 Å². The van der Waals surface area contributed by atoms with Crippen molar-refractivity contribution in [1.82, 2.24) is 0 Å². The van der Waals surface area contributed by atoms with E-state index in [1.165, 1.54) is 0 Å². The van der Waals surface area contributed by atoms with E-state index in [-0.39, 0.29) is 12.3 Å². The summed E-state index contributed by atoms with van der Waals surface area (Å²) >= 11 is 0. The van der Waals surface area contributed by atoms with Crippen LogP contribution in [0.3, 0.4) is 0 Å². The minimum atomic E-state index is -0.608. The van der Waals surface area contributed by atoms with Crippen molar-refractivity contribution in [2.45, 2.75) is 38.1 Å². The molecule has 2 bridgehead atoms. The predicted octanol–water partition coefficient (Wildman–Crippen LogP) is 0.829. The minimum Gasteiger partial charge on any atom is -0.434 e. The van der Waals surface area contributed by atoms with Crippen LogP contribution in [0.1, 0.15) is 26.2 Å². The largest absolute Gasteiger partial charge is 0.434 e. The van der Waals surface area contributed by atoms with Crippen LogP contribution in [-0.4, -0.2) is 17.9 Å². The van der Waals surface area contributed by atoms with Crippen LogP contribution in [0.5, 0.6) is 0 Å². The zero-order chi connectivity index (χ0) is 7.19. The van der Waals surface area contributed by atoms with Gasteiger partial charge in [-0.25, -0.2) is 4.79 Å². The summed E-state index contributed by atoms with van der Waals surface area (Å²) in [5.74, 6) is -0.185. The molecule has 2 aliphatic heterocycles. The Bertz CT molecular complexity index is 178. The maximum atomic E-state index is 11.0. The first-order chi connectivity index (χ1) is 4.71. The van der Waals surface area contributed by atoms with E-state index in [9.17, 15) is 4.79 Å². The zero-order valence-corrected chi connectivity index (χ0v) is 5.92. The summed E-state index contributed by atoms with van der Waals surface area (Å²) in [6.45, 7) is 1.80. The van der Waals surface area contributed by atoms with Gasteiger partial charge >= 0.3 is 5.97 Å². The highest BCUT2D eigenvalue weighted by atomic mass is 16.8. The van der Waals surface area contributed by atoms with E-state index in [1.54, 1.807) is 6.92 Å². The molecule has 10 heavy (non-hydrogen) atoms. The summed E-state index contributed by atoms with van der Waals surface area (Å²) in [7, 11) is 0. The highest BCUT2D eigenvalue weighted by Gasteiger charge is 2.48. The highest BCUT2D eigenvalue weighted by molar-refractivity contribution is 5.80. The van der Waals surface area contributed by atoms with Crippen molar-refractivity contribution in [1.29, 1.82) is 0 Å². The molecule has 0 aromatic carbocycles. The Morgan fingerprint density at radius 1 is 1.70 bits per heavy atom. The highest BCUT2D eigenvalue weighted by Crippen LogP contribution is 2.36. The summed E-state index contributed by atoms with van der Waals surface area (Å²) < 4.78 is 10.3. The van der Waals surface area contributed by atoms with Gasteiger partial charge in [0, 0.05) is 6.42 Å². The van der Waals surface area contributed by atoms with Gasteiger partial charge in [-0.3, -0.25) is 0 Å². The van der Waals surface area contributed by atoms with Crippen molar-refractivity contribution < 1.29 is 14.3 Å². The summed E-state index contributed by atoms with van der Waals surface area (Å²) in [5, 5.41) is 0. The van der Waals surface area contributed by atoms with E-state index in [0.717, 1.165) is 19.3 Å². The lowest BCUT2D eigenvalue weighted by molar-refractivity contribution is -0.144. The van der Waals surface area contributed by atoms with Gasteiger partial charge in [0.15, 0.2) is 5.60 Å². The van der Waals surface area contributed by atoms with Gasteiger partial charge in [-0.15, -0.1) is 0 Å². The topological polar surface area (TPSA) is 35.5 Å². The molecule has 2 aliphatic rings. The maximum absolute atomic E-state index is 11.0. The Hall–Kier alpha value is -0.570. The number of hydrogen-bond acceptors (Lipinski definition) is 3. The average Bonchev–Trinajstić information content (AvgIpc) is 2.04. The van der Waals surface area contributed by atoms with Crippen LogP contribution in [0.2, 0.25) is 0 Å². The van der Waals surface area contributed by atoms with Crippen molar-refractivity contribution in [2.75, 3.05) is 0 Å². The first-order valence-electron chi connectivity index (χ1n) is 3.60. The molecule has 2 heterocycles. The predicted molar refractivity (Wildman–Crippen MR) is 33.2 cm³/mol. The average molecular weight is 142 g/mol. The van der Waals surface area contributed by atoms with Gasteiger partial charge in [0.2, 0.25) is 6.29 Å². The molecule has 0 amide bonds. The molecule has 2 atom stereocenters. The molecule has 0 saturated carbocycles. The van der Waals surface area contributed by atoms with E-state index in [4.69, 9.17) is 9.47 Å². The van der Waals surface area contributed by atoms with Crippen LogP contribution in [0.15, 0.2) is 0 Å². The Morgan fingerprint density at radius 3 is 3.10 bits per heavy atom. The molecule has 0 radical (unpaired) electrons. The molecular formula is C7H10O3. The summed E-state index contributed by atoms with van der Waals surface area (Å²) in [5.41, 5.74) is -0.608. The van der Waals surface area contributed by atoms with Crippen LogP contribution in [0.25, 0.3) is 0 Å². The van der Waals surface area contributed by atoms with E-state index in [1.807, 2.05) is 0 Å². The lowest BCUT2D eigenvalue weighted by Gasteiger charge is -2.23. The van der Waals surface area contributed by atoms with Crippen molar-refractivity contribution in [3.63, 3.8) is 0 Å². The van der Waals surface area contributed by atoms with E-state index in [2.05, 4.69) is 0 Å². The smallest absolute Gasteiger partial charge is 0.340 e. The fraction of sp³-hybridized carbons (Fsp3) is 0.857. The van der Waals surface area contributed by atoms with Crippen molar-refractivity contribution in [2.24, 2.45) is 0 Å². The Balaban J connectivity index is 2.26. The van der Waals surface area contributed by atoms with Crippen LogP contribution < -0.4 is 0 Å². The van der Waals surface area contributed by atoms with Gasteiger partial charge < -0.3 is 9.47 Å². The monoisotopic (exact) mass is 142 g/mol. The number of carbonyl (C=O) groups excluding carboxylic acids is 1. The number of carbonyl (C=O) groups is 1. The SMILES string of the molecule is CC12CCCC(OC1=O)O2. The van der Waals surface area contributed by atoms with Crippen molar-refractivity contribution >= 4 is 5.97 Å². The van der Waals surface area contributed by atoms with E-state index < -0.39 is 5.60 Å². The maximum Gasteiger partial charge on any atom is 0.340 e.